The van der Waals surface area contributed by atoms with Crippen LogP contribution < -0.4 is 0 Å². The summed E-state index contributed by atoms with van der Waals surface area (Å²) in [5.74, 6) is -1.44. The number of hydrogen-bond acceptors (Lipinski definition) is 3. The number of hydrogen-bond donors (Lipinski definition) is 1. The number of carboxylic acids is 1. The summed E-state index contributed by atoms with van der Waals surface area (Å²) in [4.78, 5) is 14.8. The van der Waals surface area contributed by atoms with Crippen molar-refractivity contribution in [2.24, 2.45) is 0 Å². The van der Waals surface area contributed by atoms with Crippen molar-refractivity contribution in [3.63, 3.8) is 0 Å². The molecule has 0 bridgehead atoms. The van der Waals surface area contributed by atoms with Crippen molar-refractivity contribution in [1.82, 2.24) is 4.98 Å². The largest absolute Gasteiger partial charge is 0.481 e. The molecule has 1 N–H and O–H groups in total. The van der Waals surface area contributed by atoms with Gasteiger partial charge in [0.15, 0.2) is 12.0 Å². The fourth-order valence-corrected chi connectivity index (χ4v) is 1.38. The summed E-state index contributed by atoms with van der Waals surface area (Å²) in [6.45, 7) is 1.62. The highest BCUT2D eigenvalue weighted by atomic mass is 16.4. The number of aromatic nitrogens is 1. The number of oxazole rings is 1. The molecule has 1 aromatic carbocycles. The summed E-state index contributed by atoms with van der Waals surface area (Å²) in [6.07, 6.45) is 1.32. The molecular weight excluding hydrogens is 182 g/mol. The number of benzene rings is 1. The predicted molar refractivity (Wildman–Crippen MR) is 50.1 cm³/mol. The van der Waals surface area contributed by atoms with Crippen molar-refractivity contribution >= 4 is 17.1 Å². The number of rotatable bonds is 2. The van der Waals surface area contributed by atoms with Gasteiger partial charge in [-0.15, -0.1) is 0 Å². The van der Waals surface area contributed by atoms with E-state index in [0.29, 0.717) is 16.7 Å². The van der Waals surface area contributed by atoms with Crippen LogP contribution in [0.2, 0.25) is 0 Å². The molecule has 1 atom stereocenters. The maximum Gasteiger partial charge on any atom is 0.310 e. The van der Waals surface area contributed by atoms with Crippen LogP contribution in [0.15, 0.2) is 29.0 Å². The van der Waals surface area contributed by atoms with Crippen molar-refractivity contribution in [1.29, 1.82) is 0 Å². The third-order valence-electron chi connectivity index (χ3n) is 2.22. The summed E-state index contributed by atoms with van der Waals surface area (Å²) in [5, 5.41) is 8.87. The van der Waals surface area contributed by atoms with Crippen molar-refractivity contribution < 1.29 is 14.3 Å². The average molecular weight is 191 g/mol. The molecule has 4 heteroatoms. The minimum absolute atomic E-state index is 0.558. The Morgan fingerprint density at radius 3 is 3.07 bits per heavy atom. The van der Waals surface area contributed by atoms with E-state index >= 15 is 0 Å². The van der Waals surface area contributed by atoms with Crippen LogP contribution in [-0.4, -0.2) is 16.1 Å². The highest BCUT2D eigenvalue weighted by Crippen LogP contribution is 2.24. The number of carbonyl (C=O) groups is 1. The summed E-state index contributed by atoms with van der Waals surface area (Å²) in [7, 11) is 0. The van der Waals surface area contributed by atoms with Gasteiger partial charge in [0.25, 0.3) is 0 Å². The quantitative estimate of drug-likeness (QED) is 0.788. The van der Waals surface area contributed by atoms with Gasteiger partial charge in [-0.3, -0.25) is 4.79 Å². The third-order valence-corrected chi connectivity index (χ3v) is 2.22. The summed E-state index contributed by atoms with van der Waals surface area (Å²) in [5.41, 5.74) is 1.91. The molecular formula is C10H9NO3. The summed E-state index contributed by atoms with van der Waals surface area (Å²) in [6, 6.07) is 5.31. The number of carboxylic acid groups (broad SMARTS) is 1. The van der Waals surface area contributed by atoms with Gasteiger partial charge in [-0.1, -0.05) is 12.1 Å². The second-order valence-corrected chi connectivity index (χ2v) is 3.11. The summed E-state index contributed by atoms with van der Waals surface area (Å²) >= 11 is 0. The molecule has 72 valence electrons. The molecule has 0 aliphatic heterocycles. The molecule has 1 unspecified atom stereocenters. The molecule has 0 spiro atoms. The lowest BCUT2D eigenvalue weighted by atomic mass is 10.0. The molecule has 4 nitrogen and oxygen atoms in total. The van der Waals surface area contributed by atoms with Crippen LogP contribution in [0.1, 0.15) is 18.4 Å². The first kappa shape index (κ1) is 8.74. The predicted octanol–water partition coefficient (Wildman–Crippen LogP) is 2.02. The normalized spacial score (nSPS) is 12.9. The fraction of sp³-hybridized carbons (Fsp3) is 0.200. The molecule has 0 aliphatic rings. The van der Waals surface area contributed by atoms with Crippen LogP contribution in [0.5, 0.6) is 0 Å². The second kappa shape index (κ2) is 3.14. The zero-order valence-electron chi connectivity index (χ0n) is 7.60. The van der Waals surface area contributed by atoms with E-state index in [1.54, 1.807) is 25.1 Å². The monoisotopic (exact) mass is 191 g/mol. The lowest BCUT2D eigenvalue weighted by Crippen LogP contribution is -2.07. The Kier molecular flexibility index (Phi) is 1.96. The van der Waals surface area contributed by atoms with Crippen LogP contribution in [0.3, 0.4) is 0 Å². The number of fused-ring (bicyclic) bond motifs is 1. The van der Waals surface area contributed by atoms with Gasteiger partial charge in [0.05, 0.1) is 5.92 Å². The Labute approximate surface area is 80.2 Å². The van der Waals surface area contributed by atoms with Gasteiger partial charge < -0.3 is 9.52 Å². The lowest BCUT2D eigenvalue weighted by molar-refractivity contribution is -0.138. The Balaban J connectivity index is 2.61. The maximum atomic E-state index is 10.8. The molecule has 2 rings (SSSR count). The molecule has 0 radical (unpaired) electrons. The van der Waals surface area contributed by atoms with E-state index in [1.807, 2.05) is 0 Å². The van der Waals surface area contributed by atoms with E-state index in [2.05, 4.69) is 4.98 Å². The smallest absolute Gasteiger partial charge is 0.310 e. The van der Waals surface area contributed by atoms with Gasteiger partial charge in [-0.2, -0.15) is 0 Å². The molecule has 0 saturated carbocycles. The van der Waals surface area contributed by atoms with E-state index in [1.165, 1.54) is 6.39 Å². The standard InChI is InChI=1S/C10H9NO3/c1-6(10(12)13)7-3-2-4-8-9(7)14-5-11-8/h2-6H,1H3,(H,12,13). The lowest BCUT2D eigenvalue weighted by Gasteiger charge is -2.05. The SMILES string of the molecule is CC(C(=O)O)c1cccc2ncoc12. The van der Waals surface area contributed by atoms with Crippen molar-refractivity contribution in [2.75, 3.05) is 0 Å². The zero-order chi connectivity index (χ0) is 10.1. The van der Waals surface area contributed by atoms with Crippen molar-refractivity contribution in [3.8, 4) is 0 Å². The number of nitrogens with zero attached hydrogens (tertiary/aromatic N) is 1. The van der Waals surface area contributed by atoms with Gasteiger partial charge in [-0.25, -0.2) is 4.98 Å². The average Bonchev–Trinajstić information content (AvgIpc) is 2.63. The van der Waals surface area contributed by atoms with Crippen LogP contribution in [-0.2, 0) is 4.79 Å². The maximum absolute atomic E-state index is 10.8. The molecule has 1 aromatic heterocycles. The van der Waals surface area contributed by atoms with E-state index in [-0.39, 0.29) is 0 Å². The minimum atomic E-state index is -0.867. The van der Waals surface area contributed by atoms with Gasteiger partial charge >= 0.3 is 5.97 Å². The molecule has 0 aliphatic carbocycles. The third kappa shape index (κ3) is 1.25. The molecule has 0 saturated heterocycles. The fourth-order valence-electron chi connectivity index (χ4n) is 1.38. The molecule has 0 fully saturated rings. The zero-order valence-corrected chi connectivity index (χ0v) is 7.60. The first-order chi connectivity index (χ1) is 6.70. The Bertz CT molecular complexity index is 475. The van der Waals surface area contributed by atoms with E-state index in [0.717, 1.165) is 0 Å². The van der Waals surface area contributed by atoms with Crippen LogP contribution in [0.25, 0.3) is 11.1 Å². The van der Waals surface area contributed by atoms with E-state index in [9.17, 15) is 4.79 Å². The van der Waals surface area contributed by atoms with Crippen LogP contribution in [0, 0.1) is 0 Å². The van der Waals surface area contributed by atoms with Crippen LogP contribution in [0.4, 0.5) is 0 Å². The Morgan fingerprint density at radius 2 is 2.36 bits per heavy atom. The molecule has 1 heterocycles. The van der Waals surface area contributed by atoms with E-state index < -0.39 is 11.9 Å². The van der Waals surface area contributed by atoms with Gasteiger partial charge in [0.2, 0.25) is 0 Å². The first-order valence-corrected chi connectivity index (χ1v) is 4.25. The Hall–Kier alpha value is -1.84. The Morgan fingerprint density at radius 1 is 1.57 bits per heavy atom. The first-order valence-electron chi connectivity index (χ1n) is 4.25. The van der Waals surface area contributed by atoms with Gasteiger partial charge in [0, 0.05) is 5.56 Å². The van der Waals surface area contributed by atoms with Gasteiger partial charge in [0.1, 0.15) is 5.52 Å². The van der Waals surface area contributed by atoms with E-state index in [4.69, 9.17) is 9.52 Å². The minimum Gasteiger partial charge on any atom is -0.481 e. The topological polar surface area (TPSA) is 63.3 Å². The molecule has 0 amide bonds. The van der Waals surface area contributed by atoms with Crippen molar-refractivity contribution in [2.45, 2.75) is 12.8 Å². The molecule has 2 aromatic rings. The van der Waals surface area contributed by atoms with Gasteiger partial charge in [-0.05, 0) is 13.0 Å². The molecule has 14 heavy (non-hydrogen) atoms. The highest BCUT2D eigenvalue weighted by molar-refractivity contribution is 5.84. The number of para-hydroxylation sites is 1. The second-order valence-electron chi connectivity index (χ2n) is 3.11. The number of aliphatic carboxylic acids is 1. The highest BCUT2D eigenvalue weighted by Gasteiger charge is 2.18. The van der Waals surface area contributed by atoms with Crippen molar-refractivity contribution in [3.05, 3.63) is 30.2 Å². The summed E-state index contributed by atoms with van der Waals surface area (Å²) < 4.78 is 5.15. The van der Waals surface area contributed by atoms with Crippen LogP contribution >= 0.6 is 0 Å².